The summed E-state index contributed by atoms with van der Waals surface area (Å²) in [5, 5.41) is 0. The lowest BCUT2D eigenvalue weighted by molar-refractivity contribution is -0.129. The first-order chi connectivity index (χ1) is 20.6. The Hall–Kier alpha value is -4.78. The fourth-order valence-electron chi connectivity index (χ4n) is 5.13. The first-order valence-corrected chi connectivity index (χ1v) is 14.2. The van der Waals surface area contributed by atoms with Crippen LogP contribution in [0.1, 0.15) is 54.0 Å². The van der Waals surface area contributed by atoms with E-state index in [0.717, 1.165) is 34.4 Å². The highest BCUT2D eigenvalue weighted by Crippen LogP contribution is 2.40. The molecular weight excluding hydrogens is 530 g/mol. The highest BCUT2D eigenvalue weighted by molar-refractivity contribution is 5.94. The van der Waals surface area contributed by atoms with Crippen LogP contribution in [0.2, 0.25) is 0 Å². The molecule has 1 unspecified atom stereocenters. The van der Waals surface area contributed by atoms with Gasteiger partial charge in [0.2, 0.25) is 5.91 Å². The lowest BCUT2D eigenvalue weighted by Crippen LogP contribution is -2.35. The topological polar surface area (TPSA) is 74.3 Å². The van der Waals surface area contributed by atoms with Crippen molar-refractivity contribution in [1.82, 2.24) is 4.90 Å². The minimum absolute atomic E-state index is 0.0176. The van der Waals surface area contributed by atoms with Gasteiger partial charge in [0.15, 0.2) is 0 Å². The van der Waals surface area contributed by atoms with Crippen molar-refractivity contribution in [3.05, 3.63) is 125 Å². The van der Waals surface area contributed by atoms with Crippen molar-refractivity contribution in [2.45, 2.75) is 38.3 Å². The maximum atomic E-state index is 14.0. The largest absolute Gasteiger partial charge is 0.497 e. The molecular formula is C35H35NO6. The van der Waals surface area contributed by atoms with Gasteiger partial charge in [0, 0.05) is 24.0 Å². The number of hydrogen-bond donors (Lipinski definition) is 0. The van der Waals surface area contributed by atoms with Crippen LogP contribution in [0.25, 0.3) is 0 Å². The Bertz CT molecular complexity index is 1490. The van der Waals surface area contributed by atoms with Gasteiger partial charge < -0.3 is 18.9 Å². The number of nitrogens with zero attached hydrogens (tertiary/aromatic N) is 1. The van der Waals surface area contributed by atoms with Crippen LogP contribution < -0.4 is 14.2 Å². The second-order valence-corrected chi connectivity index (χ2v) is 10.1. The molecule has 1 aliphatic rings. The summed E-state index contributed by atoms with van der Waals surface area (Å²) in [5.41, 5.74) is 3.53. The molecule has 0 saturated carbocycles. The highest BCUT2D eigenvalue weighted by atomic mass is 16.6. The number of benzene rings is 4. The van der Waals surface area contributed by atoms with E-state index >= 15 is 0 Å². The van der Waals surface area contributed by atoms with E-state index in [1.54, 1.807) is 7.11 Å². The minimum atomic E-state index is -0.636. The van der Waals surface area contributed by atoms with E-state index in [4.69, 9.17) is 18.9 Å². The normalized spacial score (nSPS) is 15.1. The van der Waals surface area contributed by atoms with Gasteiger partial charge in [-0.1, -0.05) is 85.8 Å². The van der Waals surface area contributed by atoms with Crippen molar-refractivity contribution >= 4 is 12.0 Å². The molecule has 1 aliphatic heterocycles. The maximum Gasteiger partial charge on any atom is 0.417 e. The number of carbonyl (C=O) groups is 2. The molecule has 4 aromatic carbocycles. The summed E-state index contributed by atoms with van der Waals surface area (Å²) in [7, 11) is 1.61. The van der Waals surface area contributed by atoms with Gasteiger partial charge in [-0.25, -0.2) is 9.69 Å². The summed E-state index contributed by atoms with van der Waals surface area (Å²) in [6.07, 6.45) is 0.256. The minimum Gasteiger partial charge on any atom is -0.497 e. The Kier molecular flexibility index (Phi) is 9.39. The Morgan fingerprint density at radius 3 is 2.40 bits per heavy atom. The molecule has 1 fully saturated rings. The smallest absolute Gasteiger partial charge is 0.417 e. The van der Waals surface area contributed by atoms with Crippen LogP contribution in [0.4, 0.5) is 4.79 Å². The van der Waals surface area contributed by atoms with Crippen LogP contribution >= 0.6 is 0 Å². The van der Waals surface area contributed by atoms with E-state index in [0.29, 0.717) is 24.7 Å². The lowest BCUT2D eigenvalue weighted by atomic mass is 9.87. The van der Waals surface area contributed by atoms with Crippen molar-refractivity contribution in [2.75, 3.05) is 20.3 Å². The Labute approximate surface area is 246 Å². The molecule has 1 saturated heterocycles. The Morgan fingerprint density at radius 1 is 0.905 bits per heavy atom. The van der Waals surface area contributed by atoms with Gasteiger partial charge in [-0.15, -0.1) is 0 Å². The van der Waals surface area contributed by atoms with Crippen LogP contribution in [0.15, 0.2) is 103 Å². The number of cyclic esters (lactones) is 1. The van der Waals surface area contributed by atoms with Crippen molar-refractivity contribution in [3.63, 3.8) is 0 Å². The number of carbonyl (C=O) groups excluding carboxylic acids is 2. The predicted molar refractivity (Wildman–Crippen MR) is 160 cm³/mol. The molecule has 0 spiro atoms. The standard InChI is InChI=1S/C35H35NO6/c1-3-19-40-29-16-10-15-27(20-29)31(22-34(37)36-32(24-42-35(36)38)26-13-8-5-9-14-26)30-18-17-28(39-2)21-33(30)41-23-25-11-6-4-7-12-25/h4-18,20-21,31-32H,3,19,22-24H2,1-2H3/t31?,32-/m1/s1. The number of amides is 2. The van der Waals surface area contributed by atoms with Crippen molar-refractivity contribution < 1.29 is 28.5 Å². The third kappa shape index (κ3) is 6.74. The van der Waals surface area contributed by atoms with Gasteiger partial charge in [0.1, 0.15) is 36.5 Å². The van der Waals surface area contributed by atoms with Crippen LogP contribution in [0.3, 0.4) is 0 Å². The monoisotopic (exact) mass is 565 g/mol. The molecule has 7 heteroatoms. The van der Waals surface area contributed by atoms with E-state index in [-0.39, 0.29) is 18.9 Å². The first-order valence-electron chi connectivity index (χ1n) is 14.2. The third-order valence-electron chi connectivity index (χ3n) is 7.27. The van der Waals surface area contributed by atoms with Gasteiger partial charge in [0.05, 0.1) is 13.7 Å². The SMILES string of the molecule is CCCOc1cccc(C(CC(=O)N2C(=O)OC[C@@H]2c2ccccc2)c2ccc(OC)cc2OCc2ccccc2)c1. The fourth-order valence-corrected chi connectivity index (χ4v) is 5.13. The van der Waals surface area contributed by atoms with Crippen molar-refractivity contribution in [1.29, 1.82) is 0 Å². The average molecular weight is 566 g/mol. The summed E-state index contributed by atoms with van der Waals surface area (Å²) >= 11 is 0. The lowest BCUT2D eigenvalue weighted by Gasteiger charge is -2.25. The fraction of sp³-hybridized carbons (Fsp3) is 0.257. The molecule has 2 atom stereocenters. The summed E-state index contributed by atoms with van der Waals surface area (Å²) in [5.74, 6) is 1.18. The first kappa shape index (κ1) is 28.7. The molecule has 7 nitrogen and oxygen atoms in total. The van der Waals surface area contributed by atoms with E-state index < -0.39 is 18.1 Å². The molecule has 4 aromatic rings. The molecule has 42 heavy (non-hydrogen) atoms. The second-order valence-electron chi connectivity index (χ2n) is 10.1. The predicted octanol–water partition coefficient (Wildman–Crippen LogP) is 7.31. The number of imide groups is 1. The highest BCUT2D eigenvalue weighted by Gasteiger charge is 2.40. The summed E-state index contributed by atoms with van der Waals surface area (Å²) in [4.78, 5) is 28.1. The van der Waals surface area contributed by atoms with Gasteiger partial charge in [-0.3, -0.25) is 4.79 Å². The average Bonchev–Trinajstić information content (AvgIpc) is 3.44. The second kappa shape index (κ2) is 13.7. The molecule has 0 aliphatic carbocycles. The maximum absolute atomic E-state index is 14.0. The van der Waals surface area contributed by atoms with Crippen LogP contribution in [-0.4, -0.2) is 37.2 Å². The van der Waals surface area contributed by atoms with Gasteiger partial charge >= 0.3 is 6.09 Å². The van der Waals surface area contributed by atoms with Crippen LogP contribution in [0.5, 0.6) is 17.2 Å². The van der Waals surface area contributed by atoms with E-state index in [9.17, 15) is 9.59 Å². The summed E-state index contributed by atoms with van der Waals surface area (Å²) in [6.45, 7) is 3.10. The number of hydrogen-bond acceptors (Lipinski definition) is 6. The summed E-state index contributed by atoms with van der Waals surface area (Å²) in [6, 6.07) is 32.2. The molecule has 216 valence electrons. The van der Waals surface area contributed by atoms with Gasteiger partial charge in [-0.2, -0.15) is 0 Å². The quantitative estimate of drug-likeness (QED) is 0.179. The Balaban J connectivity index is 1.52. The molecule has 0 bridgehead atoms. The van der Waals surface area contributed by atoms with E-state index in [1.165, 1.54) is 4.90 Å². The van der Waals surface area contributed by atoms with Crippen molar-refractivity contribution in [3.8, 4) is 17.2 Å². The number of rotatable bonds is 12. The third-order valence-corrected chi connectivity index (χ3v) is 7.27. The van der Waals surface area contributed by atoms with Gasteiger partial charge in [-0.05, 0) is 41.3 Å². The summed E-state index contributed by atoms with van der Waals surface area (Å²) < 4.78 is 23.2. The zero-order valence-corrected chi connectivity index (χ0v) is 23.9. The van der Waals surface area contributed by atoms with Crippen molar-refractivity contribution in [2.24, 2.45) is 0 Å². The number of ether oxygens (including phenoxy) is 4. The van der Waals surface area contributed by atoms with Gasteiger partial charge in [0.25, 0.3) is 0 Å². The molecule has 1 heterocycles. The zero-order chi connectivity index (χ0) is 29.3. The molecule has 5 rings (SSSR count). The van der Waals surface area contributed by atoms with E-state index in [1.807, 2.05) is 103 Å². The Morgan fingerprint density at radius 2 is 1.67 bits per heavy atom. The molecule has 2 amide bonds. The van der Waals surface area contributed by atoms with Crippen LogP contribution in [0, 0.1) is 0 Å². The zero-order valence-electron chi connectivity index (χ0n) is 23.9. The molecule has 0 N–H and O–H groups in total. The molecule has 0 aromatic heterocycles. The van der Waals surface area contributed by atoms with Crippen LogP contribution in [-0.2, 0) is 16.1 Å². The molecule has 0 radical (unpaired) electrons. The van der Waals surface area contributed by atoms with E-state index in [2.05, 4.69) is 6.92 Å². The number of methoxy groups -OCH3 is 1.